The van der Waals surface area contributed by atoms with Gasteiger partial charge in [-0.3, -0.25) is 14.9 Å². The molecule has 1 aliphatic rings. The van der Waals surface area contributed by atoms with Crippen LogP contribution in [0.15, 0.2) is 78.5 Å². The number of rotatable bonds is 3. The molecule has 1 aromatic heterocycles. The summed E-state index contributed by atoms with van der Waals surface area (Å²) in [6.45, 7) is 0. The van der Waals surface area contributed by atoms with Gasteiger partial charge < -0.3 is 4.57 Å². The maximum Gasteiger partial charge on any atom is 0.336 e. The Labute approximate surface area is 159 Å². The van der Waals surface area contributed by atoms with Crippen LogP contribution >= 0.6 is 0 Å². The topological polar surface area (TPSA) is 71.4 Å². The first-order valence-electron chi connectivity index (χ1n) is 8.45. The van der Waals surface area contributed by atoms with Crippen LogP contribution in [0.5, 0.6) is 0 Å². The molecular formula is C21H14FN3O3. The summed E-state index contributed by atoms with van der Waals surface area (Å²) in [7, 11) is 0. The molecule has 0 atom stereocenters. The fourth-order valence-electron chi connectivity index (χ4n) is 2.99. The summed E-state index contributed by atoms with van der Waals surface area (Å²) in [5.41, 5.74) is 0.915. The van der Waals surface area contributed by atoms with Crippen LogP contribution in [0.1, 0.15) is 5.69 Å². The van der Waals surface area contributed by atoms with E-state index in [1.807, 2.05) is 30.3 Å². The first-order chi connectivity index (χ1) is 13.6. The van der Waals surface area contributed by atoms with Gasteiger partial charge in [-0.25, -0.2) is 14.1 Å². The highest BCUT2D eigenvalue weighted by Gasteiger charge is 2.38. The third-order valence-corrected chi connectivity index (χ3v) is 4.30. The minimum Gasteiger partial charge on any atom is -0.317 e. The Kier molecular flexibility index (Phi) is 4.33. The van der Waals surface area contributed by atoms with Gasteiger partial charge in [0.05, 0.1) is 5.69 Å². The second kappa shape index (κ2) is 6.96. The van der Waals surface area contributed by atoms with E-state index in [2.05, 4.69) is 5.32 Å². The van der Waals surface area contributed by atoms with Gasteiger partial charge >= 0.3 is 6.03 Å². The summed E-state index contributed by atoms with van der Waals surface area (Å²) < 4.78 is 15.9. The van der Waals surface area contributed by atoms with E-state index < -0.39 is 23.7 Å². The molecule has 4 amide bonds. The van der Waals surface area contributed by atoms with Gasteiger partial charge in [0.15, 0.2) is 0 Å². The first-order valence-corrected chi connectivity index (χ1v) is 8.45. The molecule has 7 heteroatoms. The van der Waals surface area contributed by atoms with Crippen LogP contribution in [0.2, 0.25) is 0 Å². The average Bonchev–Trinajstić information content (AvgIpc) is 3.15. The molecule has 1 N–H and O–H groups in total. The van der Waals surface area contributed by atoms with Crippen LogP contribution in [0.4, 0.5) is 14.9 Å². The van der Waals surface area contributed by atoms with Crippen LogP contribution in [0.3, 0.4) is 0 Å². The molecule has 2 aromatic carbocycles. The summed E-state index contributed by atoms with van der Waals surface area (Å²) in [4.78, 5) is 38.0. The van der Waals surface area contributed by atoms with Gasteiger partial charge in [-0.1, -0.05) is 30.3 Å². The Balaban J connectivity index is 1.77. The summed E-state index contributed by atoms with van der Waals surface area (Å²) in [5, 5.41) is 2.09. The zero-order valence-corrected chi connectivity index (χ0v) is 14.5. The van der Waals surface area contributed by atoms with Gasteiger partial charge in [-0.05, 0) is 42.5 Å². The zero-order valence-electron chi connectivity index (χ0n) is 14.5. The molecule has 0 radical (unpaired) electrons. The normalized spacial score (nSPS) is 15.8. The lowest BCUT2D eigenvalue weighted by Gasteiger charge is -2.26. The van der Waals surface area contributed by atoms with Crippen molar-refractivity contribution in [3.8, 4) is 5.69 Å². The zero-order chi connectivity index (χ0) is 19.7. The molecule has 0 unspecified atom stereocenters. The third kappa shape index (κ3) is 2.99. The number of anilines is 1. The molecule has 6 nitrogen and oxygen atoms in total. The number of barbiturate groups is 1. The maximum absolute atomic E-state index is 14.1. The molecule has 1 fully saturated rings. The van der Waals surface area contributed by atoms with Crippen molar-refractivity contribution in [1.29, 1.82) is 0 Å². The van der Waals surface area contributed by atoms with Crippen molar-refractivity contribution >= 4 is 29.6 Å². The van der Waals surface area contributed by atoms with Gasteiger partial charge in [0.2, 0.25) is 0 Å². The Bertz CT molecular complexity index is 1120. The minimum absolute atomic E-state index is 0.221. The summed E-state index contributed by atoms with van der Waals surface area (Å²) in [6.07, 6.45) is 3.16. The van der Waals surface area contributed by atoms with Crippen LogP contribution in [0.25, 0.3) is 11.8 Å². The summed E-state index contributed by atoms with van der Waals surface area (Å²) in [6, 6.07) is 17.2. The first kappa shape index (κ1) is 17.4. The van der Waals surface area contributed by atoms with E-state index in [-0.39, 0.29) is 11.3 Å². The van der Waals surface area contributed by atoms with E-state index >= 15 is 0 Å². The van der Waals surface area contributed by atoms with Crippen LogP contribution in [0, 0.1) is 5.82 Å². The van der Waals surface area contributed by atoms with Crippen LogP contribution in [-0.2, 0) is 9.59 Å². The molecule has 0 bridgehead atoms. The molecule has 28 heavy (non-hydrogen) atoms. The number of urea groups is 1. The summed E-state index contributed by atoms with van der Waals surface area (Å²) in [5.74, 6) is -2.46. The highest BCUT2D eigenvalue weighted by Crippen LogP contribution is 2.25. The lowest BCUT2D eigenvalue weighted by Crippen LogP contribution is -2.54. The standard InChI is InChI=1S/C21H14FN3O3/c22-17-10-4-5-11-18(17)25-20(27)16(19(26)23-21(25)28)13-15-9-6-12-24(15)14-7-2-1-3-8-14/h1-13H,(H,23,26,28). The van der Waals surface area contributed by atoms with E-state index in [0.29, 0.717) is 10.6 Å². The van der Waals surface area contributed by atoms with Gasteiger partial charge in [-0.15, -0.1) is 0 Å². The number of nitrogens with zero attached hydrogens (tertiary/aromatic N) is 2. The summed E-state index contributed by atoms with van der Waals surface area (Å²) >= 11 is 0. The molecule has 4 rings (SSSR count). The number of benzene rings is 2. The van der Waals surface area contributed by atoms with Crippen molar-refractivity contribution in [1.82, 2.24) is 9.88 Å². The number of para-hydroxylation sites is 2. The quantitative estimate of drug-likeness (QED) is 0.564. The Morgan fingerprint density at radius 2 is 1.57 bits per heavy atom. The van der Waals surface area contributed by atoms with Gasteiger partial charge in [-0.2, -0.15) is 0 Å². The second-order valence-corrected chi connectivity index (χ2v) is 6.05. The molecule has 0 saturated carbocycles. The average molecular weight is 375 g/mol. The maximum atomic E-state index is 14.1. The van der Waals surface area contributed by atoms with Gasteiger partial charge in [0, 0.05) is 17.6 Å². The van der Waals surface area contributed by atoms with E-state index in [4.69, 9.17) is 0 Å². The van der Waals surface area contributed by atoms with Crippen LogP contribution < -0.4 is 10.2 Å². The molecule has 3 aromatic rings. The third-order valence-electron chi connectivity index (χ3n) is 4.30. The molecule has 1 saturated heterocycles. The Morgan fingerprint density at radius 3 is 2.32 bits per heavy atom. The van der Waals surface area contributed by atoms with Crippen molar-refractivity contribution in [2.45, 2.75) is 0 Å². The monoisotopic (exact) mass is 375 g/mol. The molecular weight excluding hydrogens is 361 g/mol. The number of carbonyl (C=O) groups is 3. The minimum atomic E-state index is -0.990. The number of halogens is 1. The molecule has 2 heterocycles. The van der Waals surface area contributed by atoms with Crippen LogP contribution in [-0.4, -0.2) is 22.4 Å². The second-order valence-electron chi connectivity index (χ2n) is 6.05. The van der Waals surface area contributed by atoms with Crippen molar-refractivity contribution in [3.63, 3.8) is 0 Å². The van der Waals surface area contributed by atoms with E-state index in [1.54, 1.807) is 22.9 Å². The largest absolute Gasteiger partial charge is 0.336 e. The van der Waals surface area contributed by atoms with E-state index in [9.17, 15) is 18.8 Å². The highest BCUT2D eigenvalue weighted by atomic mass is 19.1. The molecule has 0 spiro atoms. The Hall–Kier alpha value is -4.00. The number of amides is 4. The lowest BCUT2D eigenvalue weighted by atomic mass is 10.1. The van der Waals surface area contributed by atoms with E-state index in [1.165, 1.54) is 24.3 Å². The molecule has 0 aliphatic carbocycles. The number of hydrogen-bond donors (Lipinski definition) is 1. The van der Waals surface area contributed by atoms with Gasteiger partial charge in [0.25, 0.3) is 11.8 Å². The van der Waals surface area contributed by atoms with Crippen molar-refractivity contribution in [3.05, 3.63) is 90.0 Å². The molecule has 1 aliphatic heterocycles. The van der Waals surface area contributed by atoms with Crippen molar-refractivity contribution in [2.75, 3.05) is 4.90 Å². The Morgan fingerprint density at radius 1 is 0.857 bits per heavy atom. The SMILES string of the molecule is O=C1NC(=O)N(c2ccccc2F)C(=O)C1=Cc1cccn1-c1ccccc1. The number of aromatic nitrogens is 1. The molecule has 138 valence electrons. The fourth-order valence-corrected chi connectivity index (χ4v) is 2.99. The van der Waals surface area contributed by atoms with Crippen molar-refractivity contribution < 1.29 is 18.8 Å². The lowest BCUT2D eigenvalue weighted by molar-refractivity contribution is -0.122. The van der Waals surface area contributed by atoms with E-state index in [0.717, 1.165) is 11.8 Å². The predicted octanol–water partition coefficient (Wildman–Crippen LogP) is 3.28. The predicted molar refractivity (Wildman–Crippen MR) is 101 cm³/mol. The number of hydrogen-bond acceptors (Lipinski definition) is 3. The highest BCUT2D eigenvalue weighted by molar-refractivity contribution is 6.39. The van der Waals surface area contributed by atoms with Crippen molar-refractivity contribution in [2.24, 2.45) is 0 Å². The number of nitrogens with one attached hydrogen (secondary N) is 1. The smallest absolute Gasteiger partial charge is 0.317 e. The fraction of sp³-hybridized carbons (Fsp3) is 0. The van der Waals surface area contributed by atoms with Gasteiger partial charge in [0.1, 0.15) is 11.4 Å². The number of imide groups is 2. The number of carbonyl (C=O) groups excluding carboxylic acids is 3.